The molecule has 1 N–H and O–H groups in total. The maximum atomic E-state index is 10.3. The molecule has 0 amide bonds. The quantitative estimate of drug-likeness (QED) is 0.714. The van der Waals surface area contributed by atoms with Gasteiger partial charge in [0.1, 0.15) is 0 Å². The van der Waals surface area contributed by atoms with Crippen LogP contribution in [0.15, 0.2) is 0 Å². The van der Waals surface area contributed by atoms with Crippen molar-refractivity contribution in [3.63, 3.8) is 0 Å². The summed E-state index contributed by atoms with van der Waals surface area (Å²) in [7, 11) is 0. The number of hydrogen-bond donors (Lipinski definition) is 1. The van der Waals surface area contributed by atoms with Crippen LogP contribution in [0.25, 0.3) is 0 Å². The van der Waals surface area contributed by atoms with Crippen LogP contribution in [0.2, 0.25) is 0 Å². The van der Waals surface area contributed by atoms with Gasteiger partial charge in [-0.2, -0.15) is 0 Å². The summed E-state index contributed by atoms with van der Waals surface area (Å²) in [6.45, 7) is 15.0. The summed E-state index contributed by atoms with van der Waals surface area (Å²) in [5.74, 6) is 1.88. The molecule has 0 rings (SSSR count). The highest BCUT2D eigenvalue weighted by Gasteiger charge is 2.35. The van der Waals surface area contributed by atoms with Crippen molar-refractivity contribution in [2.24, 2.45) is 23.7 Å². The second-order valence-electron chi connectivity index (χ2n) is 5.27. The Hall–Kier alpha value is -0.0400. The van der Waals surface area contributed by atoms with Gasteiger partial charge in [0, 0.05) is 0 Å². The summed E-state index contributed by atoms with van der Waals surface area (Å²) in [5, 5.41) is 10.3. The highest BCUT2D eigenvalue weighted by molar-refractivity contribution is 4.85. The van der Waals surface area contributed by atoms with E-state index in [0.717, 1.165) is 0 Å². The number of rotatable bonds is 4. The summed E-state index contributed by atoms with van der Waals surface area (Å²) in [4.78, 5) is 0. The van der Waals surface area contributed by atoms with Gasteiger partial charge in [-0.1, -0.05) is 41.5 Å². The third kappa shape index (κ3) is 2.98. The molecular formula is C12H26O. The largest absolute Gasteiger partial charge is 0.390 e. The van der Waals surface area contributed by atoms with Gasteiger partial charge >= 0.3 is 0 Å². The Morgan fingerprint density at radius 2 is 1.31 bits per heavy atom. The monoisotopic (exact) mass is 186 g/mol. The summed E-state index contributed by atoms with van der Waals surface area (Å²) in [6.07, 6.45) is 0. The fourth-order valence-corrected chi connectivity index (χ4v) is 1.64. The van der Waals surface area contributed by atoms with Crippen molar-refractivity contribution in [2.45, 2.75) is 54.1 Å². The Kier molecular flexibility index (Phi) is 4.44. The normalized spacial score (nSPS) is 21.7. The summed E-state index contributed by atoms with van der Waals surface area (Å²) < 4.78 is 0. The van der Waals surface area contributed by atoms with Gasteiger partial charge in [0.25, 0.3) is 0 Å². The molecule has 0 aromatic carbocycles. The van der Waals surface area contributed by atoms with Crippen molar-refractivity contribution >= 4 is 0 Å². The van der Waals surface area contributed by atoms with Crippen LogP contribution in [-0.2, 0) is 0 Å². The average Bonchev–Trinajstić information content (AvgIpc) is 2.01. The molecule has 0 fully saturated rings. The first-order valence-electron chi connectivity index (χ1n) is 5.43. The first-order chi connectivity index (χ1) is 5.71. The van der Waals surface area contributed by atoms with Gasteiger partial charge in [-0.25, -0.2) is 0 Å². The minimum atomic E-state index is -0.538. The van der Waals surface area contributed by atoms with E-state index in [1.165, 1.54) is 0 Å². The van der Waals surface area contributed by atoms with Crippen molar-refractivity contribution in [1.29, 1.82) is 0 Å². The van der Waals surface area contributed by atoms with E-state index in [-0.39, 0.29) is 0 Å². The summed E-state index contributed by atoms with van der Waals surface area (Å²) >= 11 is 0. The van der Waals surface area contributed by atoms with Crippen molar-refractivity contribution in [1.82, 2.24) is 0 Å². The van der Waals surface area contributed by atoms with Gasteiger partial charge in [0.15, 0.2) is 0 Å². The maximum absolute atomic E-state index is 10.3. The number of hydrogen-bond acceptors (Lipinski definition) is 1. The van der Waals surface area contributed by atoms with Crippen LogP contribution in [0.5, 0.6) is 0 Å². The average molecular weight is 186 g/mol. The summed E-state index contributed by atoms with van der Waals surface area (Å²) in [5.41, 5.74) is -0.538. The molecule has 0 heterocycles. The molecule has 3 unspecified atom stereocenters. The fraction of sp³-hybridized carbons (Fsp3) is 1.00. The van der Waals surface area contributed by atoms with Crippen LogP contribution in [0.4, 0.5) is 0 Å². The van der Waals surface area contributed by atoms with E-state index in [2.05, 4.69) is 41.5 Å². The Morgan fingerprint density at radius 1 is 0.923 bits per heavy atom. The highest BCUT2D eigenvalue weighted by atomic mass is 16.3. The molecule has 0 aliphatic heterocycles. The molecule has 1 heteroatoms. The fourth-order valence-electron chi connectivity index (χ4n) is 1.64. The second-order valence-corrected chi connectivity index (χ2v) is 5.27. The topological polar surface area (TPSA) is 20.2 Å². The Balaban J connectivity index is 4.48. The predicted octanol–water partition coefficient (Wildman–Crippen LogP) is 3.32. The van der Waals surface area contributed by atoms with Crippen molar-refractivity contribution < 1.29 is 5.11 Å². The molecule has 0 bridgehead atoms. The molecule has 0 saturated heterocycles. The molecule has 1 nitrogen and oxygen atoms in total. The third-order valence-electron chi connectivity index (χ3n) is 3.93. The zero-order valence-corrected chi connectivity index (χ0v) is 10.3. The van der Waals surface area contributed by atoms with E-state index in [4.69, 9.17) is 0 Å². The SMILES string of the molecule is CC(C)C(C)C(C)C(C)(O)C(C)C. The molecule has 0 aliphatic rings. The van der Waals surface area contributed by atoms with Crippen LogP contribution in [0.1, 0.15) is 48.5 Å². The first-order valence-corrected chi connectivity index (χ1v) is 5.43. The minimum absolute atomic E-state index is 0.323. The van der Waals surface area contributed by atoms with Gasteiger partial charge < -0.3 is 5.11 Å². The Morgan fingerprint density at radius 3 is 1.54 bits per heavy atom. The molecule has 0 aromatic heterocycles. The van der Waals surface area contributed by atoms with Crippen molar-refractivity contribution in [3.05, 3.63) is 0 Å². The van der Waals surface area contributed by atoms with E-state index < -0.39 is 5.60 Å². The van der Waals surface area contributed by atoms with Crippen LogP contribution >= 0.6 is 0 Å². The van der Waals surface area contributed by atoms with E-state index in [0.29, 0.717) is 23.7 Å². The van der Waals surface area contributed by atoms with Crippen LogP contribution < -0.4 is 0 Å². The number of aliphatic hydroxyl groups is 1. The molecule has 0 spiro atoms. The molecule has 0 radical (unpaired) electrons. The van der Waals surface area contributed by atoms with Crippen LogP contribution in [0, 0.1) is 23.7 Å². The molecule has 13 heavy (non-hydrogen) atoms. The van der Waals surface area contributed by atoms with Crippen molar-refractivity contribution in [3.8, 4) is 0 Å². The smallest absolute Gasteiger partial charge is 0.0670 e. The van der Waals surface area contributed by atoms with E-state index in [1.54, 1.807) is 0 Å². The second kappa shape index (κ2) is 4.45. The lowest BCUT2D eigenvalue weighted by atomic mass is 9.72. The van der Waals surface area contributed by atoms with Gasteiger partial charge in [0.05, 0.1) is 5.60 Å². The molecular weight excluding hydrogens is 160 g/mol. The Labute approximate surface area is 83.5 Å². The Bertz CT molecular complexity index is 147. The molecule has 0 aromatic rings. The molecule has 0 saturated carbocycles. The lowest BCUT2D eigenvalue weighted by Gasteiger charge is -2.39. The lowest BCUT2D eigenvalue weighted by molar-refractivity contribution is -0.0606. The minimum Gasteiger partial charge on any atom is -0.390 e. The van der Waals surface area contributed by atoms with Crippen LogP contribution in [0.3, 0.4) is 0 Å². The van der Waals surface area contributed by atoms with Gasteiger partial charge in [-0.05, 0) is 30.6 Å². The molecule has 80 valence electrons. The summed E-state index contributed by atoms with van der Waals surface area (Å²) in [6, 6.07) is 0. The highest BCUT2D eigenvalue weighted by Crippen LogP contribution is 2.34. The first kappa shape index (κ1) is 13.0. The molecule has 0 aliphatic carbocycles. The third-order valence-corrected chi connectivity index (χ3v) is 3.93. The molecule has 3 atom stereocenters. The van der Waals surface area contributed by atoms with Gasteiger partial charge in [-0.15, -0.1) is 0 Å². The standard InChI is InChI=1S/C12H26O/c1-8(2)10(5)11(6)12(7,13)9(3)4/h8-11,13H,1-7H3. The van der Waals surface area contributed by atoms with E-state index >= 15 is 0 Å². The zero-order chi connectivity index (χ0) is 10.8. The maximum Gasteiger partial charge on any atom is 0.0670 e. The lowest BCUT2D eigenvalue weighted by Crippen LogP contribution is -2.42. The van der Waals surface area contributed by atoms with Gasteiger partial charge in [-0.3, -0.25) is 0 Å². The zero-order valence-electron chi connectivity index (χ0n) is 10.3. The van der Waals surface area contributed by atoms with Crippen LogP contribution in [-0.4, -0.2) is 10.7 Å². The van der Waals surface area contributed by atoms with Gasteiger partial charge in [0.2, 0.25) is 0 Å². The van der Waals surface area contributed by atoms with Crippen molar-refractivity contribution in [2.75, 3.05) is 0 Å². The van der Waals surface area contributed by atoms with E-state index in [9.17, 15) is 5.11 Å². The van der Waals surface area contributed by atoms with E-state index in [1.807, 2.05) is 6.92 Å². The predicted molar refractivity (Wildman–Crippen MR) is 58.6 cm³/mol.